The number of nitrogens with two attached hydrogens (primary N) is 1. The highest BCUT2D eigenvalue weighted by molar-refractivity contribution is 5.76. The Bertz CT molecular complexity index is 389. The molecule has 2 N–H and O–H groups in total. The van der Waals surface area contributed by atoms with Crippen LogP contribution in [0.15, 0.2) is 24.3 Å². The van der Waals surface area contributed by atoms with Crippen LogP contribution in [0, 0.1) is 12.3 Å². The predicted octanol–water partition coefficient (Wildman–Crippen LogP) is 1.29. The van der Waals surface area contributed by atoms with Crippen molar-refractivity contribution in [2.75, 3.05) is 19.3 Å². The third-order valence-electron chi connectivity index (χ3n) is 2.36. The number of hydrogen-bond donors (Lipinski definition) is 1. The van der Waals surface area contributed by atoms with Gasteiger partial charge in [0, 0.05) is 19.2 Å². The second-order valence-electron chi connectivity index (χ2n) is 3.70. The number of amides is 1. The van der Waals surface area contributed by atoms with Gasteiger partial charge in [-0.15, -0.1) is 6.42 Å². The van der Waals surface area contributed by atoms with Crippen molar-refractivity contribution in [1.82, 2.24) is 4.90 Å². The van der Waals surface area contributed by atoms with Gasteiger partial charge in [0.1, 0.15) is 0 Å². The molecule has 1 amide bonds. The monoisotopic (exact) mass is 216 g/mol. The molecule has 1 aromatic carbocycles. The molecular weight excluding hydrogens is 200 g/mol. The highest BCUT2D eigenvalue weighted by atomic mass is 16.2. The average Bonchev–Trinajstić information content (AvgIpc) is 2.28. The van der Waals surface area contributed by atoms with Crippen molar-refractivity contribution in [2.24, 2.45) is 0 Å². The van der Waals surface area contributed by atoms with E-state index in [1.807, 2.05) is 24.3 Å². The third kappa shape index (κ3) is 3.66. The fourth-order valence-corrected chi connectivity index (χ4v) is 1.35. The van der Waals surface area contributed by atoms with E-state index in [0.717, 1.165) is 11.3 Å². The van der Waals surface area contributed by atoms with Crippen molar-refractivity contribution < 1.29 is 4.79 Å². The predicted molar refractivity (Wildman–Crippen MR) is 65.6 cm³/mol. The number of terminal acetylenes is 1. The molecule has 3 nitrogen and oxygen atoms in total. The summed E-state index contributed by atoms with van der Waals surface area (Å²) in [4.78, 5) is 13.1. The van der Waals surface area contributed by atoms with Crippen LogP contribution in [0.2, 0.25) is 0 Å². The maximum atomic E-state index is 11.6. The summed E-state index contributed by atoms with van der Waals surface area (Å²) in [6.45, 7) is 0.362. The maximum absolute atomic E-state index is 11.6. The summed E-state index contributed by atoms with van der Waals surface area (Å²) in [6.07, 6.45) is 6.32. The van der Waals surface area contributed by atoms with Crippen molar-refractivity contribution in [3.05, 3.63) is 29.8 Å². The van der Waals surface area contributed by atoms with Crippen LogP contribution < -0.4 is 5.73 Å². The molecule has 0 aromatic heterocycles. The minimum Gasteiger partial charge on any atom is -0.399 e. The van der Waals surface area contributed by atoms with Gasteiger partial charge in [-0.25, -0.2) is 0 Å². The summed E-state index contributed by atoms with van der Waals surface area (Å²) in [5, 5.41) is 0. The number of rotatable bonds is 4. The Balaban J connectivity index is 2.43. The van der Waals surface area contributed by atoms with Crippen molar-refractivity contribution >= 4 is 11.6 Å². The molecule has 0 aliphatic heterocycles. The quantitative estimate of drug-likeness (QED) is 0.609. The summed E-state index contributed by atoms with van der Waals surface area (Å²) in [5.74, 6) is 2.51. The Morgan fingerprint density at radius 3 is 2.62 bits per heavy atom. The molecule has 84 valence electrons. The number of nitrogen functional groups attached to an aromatic ring is 1. The molecule has 0 unspecified atom stereocenters. The molecule has 0 bridgehead atoms. The molecule has 16 heavy (non-hydrogen) atoms. The lowest BCUT2D eigenvalue weighted by Crippen LogP contribution is -2.27. The molecular formula is C13H16N2O. The summed E-state index contributed by atoms with van der Waals surface area (Å²) in [5.41, 5.74) is 7.42. The van der Waals surface area contributed by atoms with E-state index < -0.39 is 0 Å². The minimum absolute atomic E-state index is 0.0646. The molecule has 0 atom stereocenters. The fourth-order valence-electron chi connectivity index (χ4n) is 1.35. The molecule has 1 aromatic rings. The van der Waals surface area contributed by atoms with E-state index in [1.54, 1.807) is 11.9 Å². The Morgan fingerprint density at radius 1 is 1.44 bits per heavy atom. The van der Waals surface area contributed by atoms with Crippen molar-refractivity contribution in [1.29, 1.82) is 0 Å². The van der Waals surface area contributed by atoms with E-state index in [4.69, 9.17) is 12.2 Å². The van der Waals surface area contributed by atoms with Crippen LogP contribution >= 0.6 is 0 Å². The van der Waals surface area contributed by atoms with Gasteiger partial charge >= 0.3 is 0 Å². The zero-order valence-corrected chi connectivity index (χ0v) is 9.44. The molecule has 0 heterocycles. The second kappa shape index (κ2) is 5.82. The lowest BCUT2D eigenvalue weighted by molar-refractivity contribution is -0.129. The second-order valence-corrected chi connectivity index (χ2v) is 3.70. The number of benzene rings is 1. The average molecular weight is 216 g/mol. The Labute approximate surface area is 96.2 Å². The minimum atomic E-state index is 0.0646. The zero-order chi connectivity index (χ0) is 12.0. The molecule has 0 aliphatic carbocycles. The smallest absolute Gasteiger partial charge is 0.223 e. The number of carbonyl (C=O) groups is 1. The van der Waals surface area contributed by atoms with Gasteiger partial charge in [-0.05, 0) is 24.1 Å². The molecule has 3 heteroatoms. The molecule has 0 saturated heterocycles. The van der Waals surface area contributed by atoms with Crippen LogP contribution in [-0.4, -0.2) is 24.4 Å². The van der Waals surface area contributed by atoms with E-state index in [1.165, 1.54) is 0 Å². The summed E-state index contributed by atoms with van der Waals surface area (Å²) < 4.78 is 0. The fraction of sp³-hybridized carbons (Fsp3) is 0.308. The number of nitrogens with zero attached hydrogens (tertiary/aromatic N) is 1. The van der Waals surface area contributed by atoms with Crippen LogP contribution in [0.5, 0.6) is 0 Å². The third-order valence-corrected chi connectivity index (χ3v) is 2.36. The summed E-state index contributed by atoms with van der Waals surface area (Å²) >= 11 is 0. The van der Waals surface area contributed by atoms with Crippen molar-refractivity contribution in [3.8, 4) is 12.3 Å². The first-order chi connectivity index (χ1) is 7.63. The van der Waals surface area contributed by atoms with E-state index in [-0.39, 0.29) is 5.91 Å². The van der Waals surface area contributed by atoms with Gasteiger partial charge in [0.15, 0.2) is 0 Å². The molecule has 0 saturated carbocycles. The normalized spacial score (nSPS) is 9.50. The Hall–Kier alpha value is -1.95. The van der Waals surface area contributed by atoms with Crippen LogP contribution in [0.4, 0.5) is 5.69 Å². The van der Waals surface area contributed by atoms with Gasteiger partial charge in [-0.3, -0.25) is 4.79 Å². The topological polar surface area (TPSA) is 46.3 Å². The van der Waals surface area contributed by atoms with Crippen LogP contribution in [0.25, 0.3) is 0 Å². The SMILES string of the molecule is C#CCN(C)C(=O)CCc1ccc(N)cc1. The highest BCUT2D eigenvalue weighted by Crippen LogP contribution is 2.08. The molecule has 0 fully saturated rings. The summed E-state index contributed by atoms with van der Waals surface area (Å²) in [6, 6.07) is 7.55. The standard InChI is InChI=1S/C13H16N2O/c1-3-10-15(2)13(16)9-6-11-4-7-12(14)8-5-11/h1,4-5,7-8H,6,9-10,14H2,2H3. The number of anilines is 1. The van der Waals surface area contributed by atoms with E-state index >= 15 is 0 Å². The van der Waals surface area contributed by atoms with Crippen LogP contribution in [0.1, 0.15) is 12.0 Å². The molecule has 0 radical (unpaired) electrons. The van der Waals surface area contributed by atoms with Crippen molar-refractivity contribution in [3.63, 3.8) is 0 Å². The van der Waals surface area contributed by atoms with Gasteiger partial charge < -0.3 is 10.6 Å². The number of aryl methyl sites for hydroxylation is 1. The first-order valence-corrected chi connectivity index (χ1v) is 5.15. The van der Waals surface area contributed by atoms with Gasteiger partial charge in [0.2, 0.25) is 5.91 Å². The maximum Gasteiger partial charge on any atom is 0.223 e. The Morgan fingerprint density at radius 2 is 2.06 bits per heavy atom. The first-order valence-electron chi connectivity index (χ1n) is 5.15. The molecule has 1 rings (SSSR count). The molecule has 0 aliphatic rings. The van der Waals surface area contributed by atoms with E-state index in [0.29, 0.717) is 19.4 Å². The van der Waals surface area contributed by atoms with E-state index in [2.05, 4.69) is 5.92 Å². The van der Waals surface area contributed by atoms with Crippen LogP contribution in [-0.2, 0) is 11.2 Å². The largest absolute Gasteiger partial charge is 0.399 e. The van der Waals surface area contributed by atoms with Gasteiger partial charge in [-0.1, -0.05) is 18.1 Å². The highest BCUT2D eigenvalue weighted by Gasteiger charge is 2.06. The molecule has 0 spiro atoms. The number of hydrogen-bond acceptors (Lipinski definition) is 2. The van der Waals surface area contributed by atoms with Gasteiger partial charge in [0.05, 0.1) is 6.54 Å². The van der Waals surface area contributed by atoms with Crippen LogP contribution in [0.3, 0.4) is 0 Å². The summed E-state index contributed by atoms with van der Waals surface area (Å²) in [7, 11) is 1.71. The van der Waals surface area contributed by atoms with E-state index in [9.17, 15) is 4.79 Å². The number of carbonyl (C=O) groups excluding carboxylic acids is 1. The lowest BCUT2D eigenvalue weighted by atomic mass is 10.1. The zero-order valence-electron chi connectivity index (χ0n) is 9.44. The Kier molecular flexibility index (Phi) is 4.41. The first kappa shape index (κ1) is 12.1. The van der Waals surface area contributed by atoms with Gasteiger partial charge in [0.25, 0.3) is 0 Å². The van der Waals surface area contributed by atoms with Gasteiger partial charge in [-0.2, -0.15) is 0 Å². The lowest BCUT2D eigenvalue weighted by Gasteiger charge is -2.13. The van der Waals surface area contributed by atoms with Crippen molar-refractivity contribution in [2.45, 2.75) is 12.8 Å².